The number of hydrogen-bond acceptors (Lipinski definition) is 7. The summed E-state index contributed by atoms with van der Waals surface area (Å²) in [6, 6.07) is 8.91. The molecule has 154 valence electrons. The Hall–Kier alpha value is -2.42. The van der Waals surface area contributed by atoms with Crippen LogP contribution >= 0.6 is 0 Å². The standard InChI is InChI=1S/C20H27NO7/c1-14(10-26-13-25-4)18-17(19(22)21(18)12-24-3)15(2)28-20(23)27-11-16-8-6-5-7-9-16/h5-9,15,17-18H,1,10-13H2,2-4H3. The first-order valence-electron chi connectivity index (χ1n) is 8.90. The molecule has 3 unspecified atom stereocenters. The Bertz CT molecular complexity index is 664. The number of rotatable bonds is 11. The van der Waals surface area contributed by atoms with E-state index in [1.54, 1.807) is 6.92 Å². The Morgan fingerprint density at radius 1 is 1.21 bits per heavy atom. The van der Waals surface area contributed by atoms with Crippen molar-refractivity contribution in [2.24, 2.45) is 5.92 Å². The average Bonchev–Trinajstić information content (AvgIpc) is 2.69. The monoisotopic (exact) mass is 393 g/mol. The summed E-state index contributed by atoms with van der Waals surface area (Å²) in [6.45, 7) is 6.21. The van der Waals surface area contributed by atoms with Crippen LogP contribution in [0, 0.1) is 5.92 Å². The number of β-lactam (4-membered cyclic amide) rings is 1. The van der Waals surface area contributed by atoms with Crippen molar-refractivity contribution in [2.75, 3.05) is 34.4 Å². The molecule has 2 rings (SSSR count). The number of likely N-dealkylation sites (tertiary alicyclic amines) is 1. The second kappa shape index (κ2) is 10.8. The molecule has 0 spiro atoms. The van der Waals surface area contributed by atoms with Gasteiger partial charge < -0.3 is 28.6 Å². The summed E-state index contributed by atoms with van der Waals surface area (Å²) < 4.78 is 25.7. The zero-order valence-electron chi connectivity index (χ0n) is 16.5. The predicted molar refractivity (Wildman–Crippen MR) is 100 cm³/mol. The second-order valence-corrected chi connectivity index (χ2v) is 6.46. The first-order chi connectivity index (χ1) is 13.5. The van der Waals surface area contributed by atoms with E-state index < -0.39 is 18.2 Å². The van der Waals surface area contributed by atoms with Crippen LogP contribution in [0.1, 0.15) is 12.5 Å². The van der Waals surface area contributed by atoms with Crippen LogP contribution in [0.4, 0.5) is 4.79 Å². The SMILES string of the molecule is C=C(COCOC)C1C(C(C)OC(=O)OCc2ccccc2)C(=O)N1COC. The molecule has 1 aromatic carbocycles. The molecule has 0 N–H and O–H groups in total. The highest BCUT2D eigenvalue weighted by atomic mass is 16.7. The highest BCUT2D eigenvalue weighted by Crippen LogP contribution is 2.35. The van der Waals surface area contributed by atoms with E-state index in [9.17, 15) is 9.59 Å². The van der Waals surface area contributed by atoms with Crippen LogP contribution in [0.5, 0.6) is 0 Å². The summed E-state index contributed by atoms with van der Waals surface area (Å²) in [4.78, 5) is 26.0. The second-order valence-electron chi connectivity index (χ2n) is 6.46. The number of carbonyl (C=O) groups is 2. The van der Waals surface area contributed by atoms with Crippen LogP contribution in [0.3, 0.4) is 0 Å². The summed E-state index contributed by atoms with van der Waals surface area (Å²) in [7, 11) is 3.02. The number of amides is 1. The summed E-state index contributed by atoms with van der Waals surface area (Å²) in [5, 5.41) is 0. The van der Waals surface area contributed by atoms with Gasteiger partial charge in [0.1, 0.15) is 26.2 Å². The number of benzene rings is 1. The molecule has 1 heterocycles. The lowest BCUT2D eigenvalue weighted by molar-refractivity contribution is -0.171. The lowest BCUT2D eigenvalue weighted by atomic mass is 9.80. The van der Waals surface area contributed by atoms with Crippen LogP contribution in [0.2, 0.25) is 0 Å². The van der Waals surface area contributed by atoms with Crippen LogP contribution in [-0.2, 0) is 35.1 Å². The topological polar surface area (TPSA) is 83.5 Å². The van der Waals surface area contributed by atoms with Crippen molar-refractivity contribution < 1.29 is 33.3 Å². The zero-order chi connectivity index (χ0) is 20.5. The van der Waals surface area contributed by atoms with Crippen LogP contribution in [0.15, 0.2) is 42.5 Å². The highest BCUT2D eigenvalue weighted by Gasteiger charge is 2.52. The van der Waals surface area contributed by atoms with Crippen molar-refractivity contribution in [3.63, 3.8) is 0 Å². The van der Waals surface area contributed by atoms with Gasteiger partial charge in [0.25, 0.3) is 0 Å². The molecule has 1 saturated heterocycles. The summed E-state index contributed by atoms with van der Waals surface area (Å²) >= 11 is 0. The molecule has 1 fully saturated rings. The number of hydrogen-bond donors (Lipinski definition) is 0. The van der Waals surface area contributed by atoms with E-state index in [-0.39, 0.29) is 38.7 Å². The molecule has 1 aliphatic rings. The van der Waals surface area contributed by atoms with Crippen molar-refractivity contribution in [3.05, 3.63) is 48.0 Å². The van der Waals surface area contributed by atoms with E-state index in [0.717, 1.165) is 5.56 Å². The van der Waals surface area contributed by atoms with Gasteiger partial charge in [-0.05, 0) is 18.1 Å². The Labute approximate surface area is 164 Å². The number of carbonyl (C=O) groups excluding carboxylic acids is 2. The minimum Gasteiger partial charge on any atom is -0.430 e. The van der Waals surface area contributed by atoms with Crippen molar-refractivity contribution >= 4 is 12.1 Å². The molecule has 0 aliphatic carbocycles. The maximum absolute atomic E-state index is 12.5. The third kappa shape index (κ3) is 5.54. The lowest BCUT2D eigenvalue weighted by Gasteiger charge is -2.49. The quantitative estimate of drug-likeness (QED) is 0.188. The van der Waals surface area contributed by atoms with Gasteiger partial charge in [-0.2, -0.15) is 0 Å². The molecule has 1 amide bonds. The van der Waals surface area contributed by atoms with Gasteiger partial charge in [-0.25, -0.2) is 4.79 Å². The first kappa shape index (κ1) is 21.9. The van der Waals surface area contributed by atoms with Crippen LogP contribution in [0.25, 0.3) is 0 Å². The van der Waals surface area contributed by atoms with E-state index >= 15 is 0 Å². The molecule has 0 radical (unpaired) electrons. The van der Waals surface area contributed by atoms with Crippen molar-refractivity contribution in [3.8, 4) is 0 Å². The van der Waals surface area contributed by atoms with Gasteiger partial charge in [-0.15, -0.1) is 0 Å². The summed E-state index contributed by atoms with van der Waals surface area (Å²) in [5.41, 5.74) is 1.52. The third-order valence-corrected chi connectivity index (χ3v) is 4.41. The highest BCUT2D eigenvalue weighted by molar-refractivity contribution is 5.88. The van der Waals surface area contributed by atoms with E-state index in [1.807, 2.05) is 30.3 Å². The Kier molecular flexibility index (Phi) is 8.43. The van der Waals surface area contributed by atoms with Gasteiger partial charge >= 0.3 is 6.16 Å². The van der Waals surface area contributed by atoms with Crippen LogP contribution in [-0.4, -0.2) is 63.5 Å². The van der Waals surface area contributed by atoms with Crippen molar-refractivity contribution in [1.29, 1.82) is 0 Å². The van der Waals surface area contributed by atoms with Gasteiger partial charge in [0.05, 0.1) is 18.6 Å². The molecule has 1 aromatic rings. The zero-order valence-corrected chi connectivity index (χ0v) is 16.5. The fraction of sp³-hybridized carbons (Fsp3) is 0.500. The minimum absolute atomic E-state index is 0.0990. The van der Waals surface area contributed by atoms with Crippen LogP contribution < -0.4 is 0 Å². The number of nitrogens with zero attached hydrogens (tertiary/aromatic N) is 1. The normalized spacial score (nSPS) is 19.7. The number of ether oxygens (including phenoxy) is 5. The van der Waals surface area contributed by atoms with Gasteiger partial charge in [0, 0.05) is 14.2 Å². The van der Waals surface area contributed by atoms with Crippen molar-refractivity contribution in [1.82, 2.24) is 4.90 Å². The molecular weight excluding hydrogens is 366 g/mol. The Morgan fingerprint density at radius 3 is 2.57 bits per heavy atom. The molecular formula is C20H27NO7. The average molecular weight is 393 g/mol. The predicted octanol–water partition coefficient (Wildman–Crippen LogP) is 2.34. The van der Waals surface area contributed by atoms with Gasteiger partial charge in [-0.3, -0.25) is 4.79 Å². The van der Waals surface area contributed by atoms with E-state index in [1.165, 1.54) is 19.1 Å². The first-order valence-corrected chi connectivity index (χ1v) is 8.90. The number of methoxy groups -OCH3 is 2. The molecule has 3 atom stereocenters. The third-order valence-electron chi connectivity index (χ3n) is 4.41. The van der Waals surface area contributed by atoms with Gasteiger partial charge in [0.15, 0.2) is 0 Å². The molecule has 8 heteroatoms. The Morgan fingerprint density at radius 2 is 1.93 bits per heavy atom. The lowest BCUT2D eigenvalue weighted by Crippen LogP contribution is -2.65. The largest absolute Gasteiger partial charge is 0.508 e. The molecule has 28 heavy (non-hydrogen) atoms. The summed E-state index contributed by atoms with van der Waals surface area (Å²) in [6.07, 6.45) is -1.51. The van der Waals surface area contributed by atoms with Gasteiger partial charge in [0.2, 0.25) is 5.91 Å². The van der Waals surface area contributed by atoms with E-state index in [0.29, 0.717) is 5.57 Å². The molecule has 0 saturated carbocycles. The van der Waals surface area contributed by atoms with Crippen molar-refractivity contribution in [2.45, 2.75) is 25.7 Å². The van der Waals surface area contributed by atoms with Gasteiger partial charge in [-0.1, -0.05) is 36.9 Å². The van der Waals surface area contributed by atoms with E-state index in [2.05, 4.69) is 6.58 Å². The van der Waals surface area contributed by atoms with E-state index in [4.69, 9.17) is 23.7 Å². The fourth-order valence-electron chi connectivity index (χ4n) is 3.11. The Balaban J connectivity index is 1.92. The maximum atomic E-state index is 12.5. The smallest absolute Gasteiger partial charge is 0.430 e. The fourth-order valence-corrected chi connectivity index (χ4v) is 3.11. The molecule has 8 nitrogen and oxygen atoms in total. The summed E-state index contributed by atoms with van der Waals surface area (Å²) in [5.74, 6) is -0.749. The minimum atomic E-state index is -0.825. The molecule has 1 aliphatic heterocycles. The molecule has 0 aromatic heterocycles. The maximum Gasteiger partial charge on any atom is 0.508 e. The molecule has 0 bridgehead atoms.